The lowest BCUT2D eigenvalue weighted by atomic mass is 9.87. The number of likely N-dealkylation sites (N-methyl/N-ethyl adjacent to an activating group) is 1. The van der Waals surface area contributed by atoms with Gasteiger partial charge < -0.3 is 15.1 Å². The van der Waals surface area contributed by atoms with Gasteiger partial charge >= 0.3 is 6.03 Å². The van der Waals surface area contributed by atoms with Gasteiger partial charge in [-0.25, -0.2) is 19.2 Å². The highest BCUT2D eigenvalue weighted by Gasteiger charge is 2.51. The van der Waals surface area contributed by atoms with Crippen molar-refractivity contribution < 1.29 is 18.8 Å². The third-order valence-electron chi connectivity index (χ3n) is 8.42. The Bertz CT molecular complexity index is 948. The van der Waals surface area contributed by atoms with Crippen LogP contribution in [0.5, 0.6) is 0 Å². The molecule has 3 aliphatic rings. The normalized spacial score (nSPS) is 23.5. The summed E-state index contributed by atoms with van der Waals surface area (Å²) >= 11 is 0. The number of piperazine rings is 1. The van der Waals surface area contributed by atoms with E-state index in [1.807, 2.05) is 4.90 Å². The zero-order valence-corrected chi connectivity index (χ0v) is 22.5. The monoisotopic (exact) mass is 515 g/mol. The fourth-order valence-corrected chi connectivity index (χ4v) is 6.18. The molecule has 4 rings (SSSR count). The van der Waals surface area contributed by atoms with Gasteiger partial charge in [0.25, 0.3) is 0 Å². The van der Waals surface area contributed by atoms with Gasteiger partial charge in [-0.1, -0.05) is 58.1 Å². The summed E-state index contributed by atoms with van der Waals surface area (Å²) in [7, 11) is 1.74. The van der Waals surface area contributed by atoms with Gasteiger partial charge in [0.15, 0.2) is 0 Å². The minimum absolute atomic E-state index is 0.0262. The number of fused-ring (bicyclic) bond motifs is 1. The van der Waals surface area contributed by atoms with Crippen LogP contribution in [0.1, 0.15) is 70.8 Å². The molecule has 2 atom stereocenters. The van der Waals surface area contributed by atoms with E-state index in [-0.39, 0.29) is 36.8 Å². The average Bonchev–Trinajstić information content (AvgIpc) is 2.89. The molecule has 2 aliphatic heterocycles. The number of hydrogen-bond acceptors (Lipinski definition) is 4. The van der Waals surface area contributed by atoms with Crippen molar-refractivity contribution in [2.75, 3.05) is 26.7 Å². The Morgan fingerprint density at radius 3 is 2.41 bits per heavy atom. The zero-order valence-electron chi connectivity index (χ0n) is 22.5. The second-order valence-corrected chi connectivity index (χ2v) is 10.9. The van der Waals surface area contributed by atoms with Crippen LogP contribution >= 0.6 is 0 Å². The SMILES string of the molecule is CCC(CC)C[C@H]1C(=O)N(CC2CCCCC2)C[C@H]2N1C(=O)CN(C)N2C(=O)NCc1ccc(F)cc1. The molecule has 1 aromatic rings. The number of nitrogens with zero attached hydrogens (tertiary/aromatic N) is 4. The fraction of sp³-hybridized carbons (Fsp3) is 0.679. The number of halogens is 1. The third kappa shape index (κ3) is 6.25. The number of hydrogen-bond donors (Lipinski definition) is 1. The molecule has 1 aromatic carbocycles. The number of hydrazine groups is 1. The van der Waals surface area contributed by atoms with Crippen LogP contribution in [0.4, 0.5) is 9.18 Å². The molecule has 0 aromatic heterocycles. The molecular formula is C28H42FN5O3. The Morgan fingerprint density at radius 2 is 1.76 bits per heavy atom. The van der Waals surface area contributed by atoms with E-state index in [0.29, 0.717) is 31.3 Å². The quantitative estimate of drug-likeness (QED) is 0.569. The zero-order chi connectivity index (χ0) is 26.5. The van der Waals surface area contributed by atoms with Crippen molar-refractivity contribution in [1.29, 1.82) is 0 Å². The number of carbonyl (C=O) groups excluding carboxylic acids is 3. The molecule has 204 valence electrons. The second-order valence-electron chi connectivity index (χ2n) is 10.9. The first-order valence-corrected chi connectivity index (χ1v) is 13.9. The Morgan fingerprint density at radius 1 is 1.08 bits per heavy atom. The molecule has 3 fully saturated rings. The lowest BCUT2D eigenvalue weighted by Crippen LogP contribution is -2.76. The Kier molecular flexibility index (Phi) is 9.05. The molecule has 0 bridgehead atoms. The van der Waals surface area contributed by atoms with Gasteiger partial charge in [-0.2, -0.15) is 0 Å². The van der Waals surface area contributed by atoms with Crippen LogP contribution in [-0.4, -0.2) is 76.6 Å². The smallest absolute Gasteiger partial charge is 0.334 e. The highest BCUT2D eigenvalue weighted by atomic mass is 19.1. The summed E-state index contributed by atoms with van der Waals surface area (Å²) < 4.78 is 13.3. The van der Waals surface area contributed by atoms with Crippen LogP contribution in [-0.2, 0) is 16.1 Å². The van der Waals surface area contributed by atoms with Gasteiger partial charge in [0.2, 0.25) is 11.8 Å². The summed E-state index contributed by atoms with van der Waals surface area (Å²) in [6, 6.07) is 5.13. The number of urea groups is 1. The fourth-order valence-electron chi connectivity index (χ4n) is 6.18. The molecule has 1 saturated carbocycles. The maximum atomic E-state index is 13.8. The first-order valence-electron chi connectivity index (χ1n) is 13.9. The van der Waals surface area contributed by atoms with Crippen molar-refractivity contribution >= 4 is 17.8 Å². The molecule has 9 heteroatoms. The summed E-state index contributed by atoms with van der Waals surface area (Å²) in [4.78, 5) is 44.3. The van der Waals surface area contributed by atoms with E-state index in [0.717, 1.165) is 31.2 Å². The summed E-state index contributed by atoms with van der Waals surface area (Å²) in [5.41, 5.74) is 0.784. The van der Waals surface area contributed by atoms with Crippen LogP contribution in [0.25, 0.3) is 0 Å². The molecule has 1 aliphatic carbocycles. The average molecular weight is 516 g/mol. The molecule has 0 unspecified atom stereocenters. The number of amides is 4. The van der Waals surface area contributed by atoms with Gasteiger partial charge in [-0.15, -0.1) is 0 Å². The van der Waals surface area contributed by atoms with Gasteiger partial charge in [-0.3, -0.25) is 9.59 Å². The van der Waals surface area contributed by atoms with Crippen molar-refractivity contribution in [3.05, 3.63) is 35.6 Å². The second kappa shape index (κ2) is 12.2. The topological polar surface area (TPSA) is 76.2 Å². The number of rotatable bonds is 8. The minimum Gasteiger partial charge on any atom is -0.337 e. The standard InChI is InChI=1S/C28H42FN5O3/c1-4-20(5-2)15-24-27(36)32(17-22-9-7-6-8-10-22)18-25-33(24)26(35)19-31(3)34(25)28(37)30-16-21-11-13-23(29)14-12-21/h11-14,20,22,24-25H,4-10,15-19H2,1-3H3,(H,30,37)/t24-,25-/m0/s1. The molecule has 37 heavy (non-hydrogen) atoms. The van der Waals surface area contributed by atoms with Crippen molar-refractivity contribution in [2.24, 2.45) is 11.8 Å². The highest BCUT2D eigenvalue weighted by Crippen LogP contribution is 2.32. The number of benzene rings is 1. The van der Waals surface area contributed by atoms with E-state index in [9.17, 15) is 18.8 Å². The highest BCUT2D eigenvalue weighted by molar-refractivity contribution is 5.91. The Labute approximate surface area is 220 Å². The number of nitrogens with one attached hydrogen (secondary N) is 1. The molecule has 2 heterocycles. The molecule has 1 N–H and O–H groups in total. The first kappa shape index (κ1) is 27.4. The summed E-state index contributed by atoms with van der Waals surface area (Å²) in [5, 5.41) is 6.19. The van der Waals surface area contributed by atoms with E-state index in [1.54, 1.807) is 34.1 Å². The van der Waals surface area contributed by atoms with Gasteiger partial charge in [0.1, 0.15) is 18.0 Å². The molecule has 2 saturated heterocycles. The maximum Gasteiger partial charge on any atom is 0.334 e. The van der Waals surface area contributed by atoms with Gasteiger partial charge in [0.05, 0.1) is 13.1 Å². The predicted molar refractivity (Wildman–Crippen MR) is 139 cm³/mol. The summed E-state index contributed by atoms with van der Waals surface area (Å²) in [6.07, 6.45) is 7.82. The molecular weight excluding hydrogens is 473 g/mol. The van der Waals surface area contributed by atoms with Crippen LogP contribution in [0, 0.1) is 17.7 Å². The third-order valence-corrected chi connectivity index (χ3v) is 8.42. The molecule has 4 amide bonds. The summed E-state index contributed by atoms with van der Waals surface area (Å²) in [6.45, 7) is 5.53. The predicted octanol–water partition coefficient (Wildman–Crippen LogP) is 3.97. The molecule has 0 spiro atoms. The Balaban J connectivity index is 1.58. The van der Waals surface area contributed by atoms with E-state index in [4.69, 9.17) is 0 Å². The van der Waals surface area contributed by atoms with Gasteiger partial charge in [0, 0.05) is 20.1 Å². The van der Waals surface area contributed by atoms with Crippen LogP contribution < -0.4 is 5.32 Å². The lowest BCUT2D eigenvalue weighted by Gasteiger charge is -2.55. The number of carbonyl (C=O) groups is 3. The Hall–Kier alpha value is -2.68. The van der Waals surface area contributed by atoms with Crippen molar-refractivity contribution in [1.82, 2.24) is 25.1 Å². The van der Waals surface area contributed by atoms with Gasteiger partial charge in [-0.05, 0) is 48.8 Å². The van der Waals surface area contributed by atoms with E-state index >= 15 is 0 Å². The van der Waals surface area contributed by atoms with Crippen molar-refractivity contribution in [2.45, 2.75) is 84.0 Å². The lowest BCUT2D eigenvalue weighted by molar-refractivity contribution is -0.188. The summed E-state index contributed by atoms with van der Waals surface area (Å²) in [5.74, 6) is 0.386. The maximum absolute atomic E-state index is 13.8. The van der Waals surface area contributed by atoms with E-state index in [1.165, 1.54) is 31.4 Å². The van der Waals surface area contributed by atoms with Crippen LogP contribution in [0.3, 0.4) is 0 Å². The first-order chi connectivity index (χ1) is 17.8. The minimum atomic E-state index is -0.555. The van der Waals surface area contributed by atoms with E-state index < -0.39 is 12.2 Å². The van der Waals surface area contributed by atoms with Crippen molar-refractivity contribution in [3.63, 3.8) is 0 Å². The largest absolute Gasteiger partial charge is 0.337 e. The van der Waals surface area contributed by atoms with E-state index in [2.05, 4.69) is 19.2 Å². The molecule has 0 radical (unpaired) electrons. The van der Waals surface area contributed by atoms with Crippen molar-refractivity contribution in [3.8, 4) is 0 Å². The van der Waals surface area contributed by atoms with Crippen LogP contribution in [0.2, 0.25) is 0 Å². The van der Waals surface area contributed by atoms with Crippen LogP contribution in [0.15, 0.2) is 24.3 Å². The molecule has 8 nitrogen and oxygen atoms in total.